The number of carboxylic acids is 2. The van der Waals surface area contributed by atoms with E-state index in [4.69, 9.17) is 14.9 Å². The monoisotopic (exact) mass is 270 g/mol. The van der Waals surface area contributed by atoms with E-state index >= 15 is 0 Å². The predicted octanol–water partition coefficient (Wildman–Crippen LogP) is 1.74. The Balaban J connectivity index is 2.62. The van der Waals surface area contributed by atoms with E-state index in [0.717, 1.165) is 25.7 Å². The molecule has 1 aliphatic rings. The molecule has 0 spiro atoms. The van der Waals surface area contributed by atoms with Crippen molar-refractivity contribution in [3.05, 3.63) is 11.1 Å². The van der Waals surface area contributed by atoms with Gasteiger partial charge in [0.05, 0.1) is 12.8 Å². The first-order valence-electron chi connectivity index (χ1n) is 6.23. The molecule has 106 valence electrons. The highest BCUT2D eigenvalue weighted by Gasteiger charge is 2.21. The Morgan fingerprint density at radius 3 is 2.16 bits per heavy atom. The molecule has 1 aliphatic carbocycles. The van der Waals surface area contributed by atoms with Crippen molar-refractivity contribution < 1.29 is 29.3 Å². The second-order valence-corrected chi connectivity index (χ2v) is 4.71. The Hall–Kier alpha value is -1.85. The number of carboxylic acid groups (broad SMARTS) is 2. The van der Waals surface area contributed by atoms with Crippen molar-refractivity contribution in [2.45, 2.75) is 51.6 Å². The van der Waals surface area contributed by atoms with Crippen molar-refractivity contribution >= 4 is 17.9 Å². The molecule has 0 unspecified atom stereocenters. The number of esters is 1. The van der Waals surface area contributed by atoms with E-state index in [1.54, 1.807) is 0 Å². The van der Waals surface area contributed by atoms with Crippen LogP contribution in [0.1, 0.15) is 45.4 Å². The second kappa shape index (κ2) is 6.92. The van der Waals surface area contributed by atoms with E-state index < -0.39 is 24.3 Å². The molecule has 19 heavy (non-hydrogen) atoms. The van der Waals surface area contributed by atoms with Crippen LogP contribution in [-0.2, 0) is 19.1 Å². The van der Waals surface area contributed by atoms with Crippen molar-refractivity contribution in [1.82, 2.24) is 0 Å². The highest BCUT2D eigenvalue weighted by atomic mass is 16.5. The summed E-state index contributed by atoms with van der Waals surface area (Å²) in [7, 11) is 0. The lowest BCUT2D eigenvalue weighted by Gasteiger charge is -2.12. The van der Waals surface area contributed by atoms with E-state index in [9.17, 15) is 14.4 Å². The van der Waals surface area contributed by atoms with Crippen LogP contribution in [0.5, 0.6) is 0 Å². The number of hydrogen-bond acceptors (Lipinski definition) is 4. The molecular formula is C13H18O6. The highest BCUT2D eigenvalue weighted by molar-refractivity contribution is 5.93. The average molecular weight is 270 g/mol. The summed E-state index contributed by atoms with van der Waals surface area (Å²) in [6, 6.07) is 0. The van der Waals surface area contributed by atoms with Crippen molar-refractivity contribution in [3.63, 3.8) is 0 Å². The van der Waals surface area contributed by atoms with E-state index in [0.29, 0.717) is 0 Å². The van der Waals surface area contributed by atoms with Gasteiger partial charge in [-0.2, -0.15) is 0 Å². The molecule has 1 rings (SSSR count). The topological polar surface area (TPSA) is 101 Å². The number of aliphatic carboxylic acids is 2. The fourth-order valence-electron chi connectivity index (χ4n) is 2.12. The summed E-state index contributed by atoms with van der Waals surface area (Å²) in [4.78, 5) is 33.1. The quantitative estimate of drug-likeness (QED) is 0.563. The van der Waals surface area contributed by atoms with Crippen molar-refractivity contribution in [1.29, 1.82) is 0 Å². The summed E-state index contributed by atoms with van der Waals surface area (Å²) < 4.78 is 5.20. The van der Waals surface area contributed by atoms with Gasteiger partial charge in [-0.05, 0) is 32.6 Å². The van der Waals surface area contributed by atoms with Crippen molar-refractivity contribution in [3.8, 4) is 0 Å². The number of ether oxygens (including phenoxy) is 1. The third kappa shape index (κ3) is 5.11. The predicted molar refractivity (Wildman–Crippen MR) is 65.6 cm³/mol. The zero-order chi connectivity index (χ0) is 14.4. The lowest BCUT2D eigenvalue weighted by Crippen LogP contribution is -2.16. The zero-order valence-corrected chi connectivity index (χ0v) is 10.8. The minimum Gasteiger partial charge on any atom is -0.481 e. The van der Waals surface area contributed by atoms with Crippen LogP contribution in [-0.4, -0.2) is 34.2 Å². The molecule has 2 N–H and O–H groups in total. The van der Waals surface area contributed by atoms with Gasteiger partial charge >= 0.3 is 17.9 Å². The lowest BCUT2D eigenvalue weighted by atomic mass is 10.0. The molecular weight excluding hydrogens is 252 g/mol. The van der Waals surface area contributed by atoms with Crippen LogP contribution in [0.2, 0.25) is 0 Å². The summed E-state index contributed by atoms with van der Waals surface area (Å²) in [6.45, 7) is 1.45. The van der Waals surface area contributed by atoms with Gasteiger partial charge in [0, 0.05) is 5.57 Å². The Morgan fingerprint density at radius 1 is 1.11 bits per heavy atom. The molecule has 1 fully saturated rings. The summed E-state index contributed by atoms with van der Waals surface area (Å²) >= 11 is 0. The van der Waals surface area contributed by atoms with Crippen LogP contribution in [0.25, 0.3) is 0 Å². The molecule has 0 aromatic heterocycles. The largest absolute Gasteiger partial charge is 0.481 e. The molecule has 0 radical (unpaired) electrons. The average Bonchev–Trinajstić information content (AvgIpc) is 2.77. The van der Waals surface area contributed by atoms with Gasteiger partial charge in [0.1, 0.15) is 6.10 Å². The molecule has 0 aromatic rings. The molecule has 0 aromatic carbocycles. The molecule has 0 aliphatic heterocycles. The Kier molecular flexibility index (Phi) is 5.54. The molecule has 0 heterocycles. The normalized spacial score (nSPS) is 16.9. The first kappa shape index (κ1) is 15.2. The van der Waals surface area contributed by atoms with Crippen LogP contribution >= 0.6 is 0 Å². The standard InChI is InChI=1S/C13H18O6/c1-8(10(13(17)18)7-11(14)15)6-12(16)19-9-4-2-3-5-9/h9H,2-7H2,1H3,(H,14,15)(H,17,18). The third-order valence-corrected chi connectivity index (χ3v) is 3.11. The van der Waals surface area contributed by atoms with E-state index in [-0.39, 0.29) is 23.7 Å². The van der Waals surface area contributed by atoms with Gasteiger partial charge in [-0.15, -0.1) is 0 Å². The number of rotatable bonds is 6. The Morgan fingerprint density at radius 2 is 1.68 bits per heavy atom. The molecule has 1 saturated carbocycles. The van der Waals surface area contributed by atoms with Gasteiger partial charge in [-0.1, -0.05) is 5.57 Å². The Bertz CT molecular complexity index is 403. The van der Waals surface area contributed by atoms with Gasteiger partial charge in [0.2, 0.25) is 0 Å². The van der Waals surface area contributed by atoms with Gasteiger partial charge in [-0.25, -0.2) is 4.79 Å². The van der Waals surface area contributed by atoms with E-state index in [1.807, 2.05) is 0 Å². The maximum atomic E-state index is 11.6. The Labute approximate surface area is 111 Å². The molecule has 0 bridgehead atoms. The molecule has 0 atom stereocenters. The van der Waals surface area contributed by atoms with Gasteiger partial charge < -0.3 is 14.9 Å². The molecule has 6 nitrogen and oxygen atoms in total. The summed E-state index contributed by atoms with van der Waals surface area (Å²) in [5, 5.41) is 17.5. The van der Waals surface area contributed by atoms with Crippen LogP contribution in [0.3, 0.4) is 0 Å². The SMILES string of the molecule is CC(CC(=O)OC1CCCC1)=C(CC(=O)O)C(=O)O. The van der Waals surface area contributed by atoms with Crippen molar-refractivity contribution in [2.24, 2.45) is 0 Å². The third-order valence-electron chi connectivity index (χ3n) is 3.11. The fourth-order valence-corrected chi connectivity index (χ4v) is 2.12. The maximum absolute atomic E-state index is 11.6. The van der Waals surface area contributed by atoms with E-state index in [2.05, 4.69) is 0 Å². The highest BCUT2D eigenvalue weighted by Crippen LogP contribution is 2.22. The summed E-state index contributed by atoms with van der Waals surface area (Å²) in [6.07, 6.45) is 2.90. The number of carbonyl (C=O) groups excluding carboxylic acids is 1. The molecule has 0 amide bonds. The van der Waals surface area contributed by atoms with Crippen LogP contribution in [0, 0.1) is 0 Å². The first-order chi connectivity index (χ1) is 8.90. The smallest absolute Gasteiger partial charge is 0.332 e. The zero-order valence-electron chi connectivity index (χ0n) is 10.8. The molecule has 0 saturated heterocycles. The van der Waals surface area contributed by atoms with Gasteiger partial charge in [0.25, 0.3) is 0 Å². The molecule has 6 heteroatoms. The fraction of sp³-hybridized carbons (Fsp3) is 0.615. The first-order valence-corrected chi connectivity index (χ1v) is 6.23. The van der Waals surface area contributed by atoms with Gasteiger partial charge in [0.15, 0.2) is 0 Å². The minimum atomic E-state index is -1.31. The maximum Gasteiger partial charge on any atom is 0.332 e. The van der Waals surface area contributed by atoms with E-state index in [1.165, 1.54) is 6.92 Å². The number of carbonyl (C=O) groups is 3. The minimum absolute atomic E-state index is 0.0759. The number of hydrogen-bond donors (Lipinski definition) is 2. The second-order valence-electron chi connectivity index (χ2n) is 4.71. The summed E-state index contributed by atoms with van der Waals surface area (Å²) in [5.74, 6) is -3.04. The van der Waals surface area contributed by atoms with Crippen LogP contribution in [0.4, 0.5) is 0 Å². The van der Waals surface area contributed by atoms with Crippen molar-refractivity contribution in [2.75, 3.05) is 0 Å². The summed E-state index contributed by atoms with van der Waals surface area (Å²) in [5.41, 5.74) is -0.0197. The van der Waals surface area contributed by atoms with Crippen LogP contribution in [0.15, 0.2) is 11.1 Å². The van der Waals surface area contributed by atoms with Gasteiger partial charge in [-0.3, -0.25) is 9.59 Å². The van der Waals surface area contributed by atoms with Crippen LogP contribution < -0.4 is 0 Å². The lowest BCUT2D eigenvalue weighted by molar-refractivity contribution is -0.148.